The average Bonchev–Trinajstić information content (AvgIpc) is 2.97. The van der Waals surface area contributed by atoms with Crippen LogP contribution in [0.15, 0.2) is 12.1 Å². The number of esters is 1. The Morgan fingerprint density at radius 2 is 2.15 bits per heavy atom. The van der Waals surface area contributed by atoms with E-state index in [0.717, 1.165) is 13.1 Å². The van der Waals surface area contributed by atoms with Crippen molar-refractivity contribution in [3.05, 3.63) is 17.8 Å². The Morgan fingerprint density at radius 1 is 1.45 bits per heavy atom. The maximum absolute atomic E-state index is 11.5. The van der Waals surface area contributed by atoms with Gasteiger partial charge in [0.2, 0.25) is 0 Å². The first-order valence-electron chi connectivity index (χ1n) is 6.90. The third-order valence-corrected chi connectivity index (χ3v) is 3.61. The van der Waals surface area contributed by atoms with Crippen LogP contribution in [0.5, 0.6) is 0 Å². The Bertz CT molecular complexity index is 472. The monoisotopic (exact) mass is 278 g/mol. The summed E-state index contributed by atoms with van der Waals surface area (Å²) in [7, 11) is 3.28. The van der Waals surface area contributed by atoms with Crippen LogP contribution in [-0.4, -0.2) is 56.2 Å². The number of hydrogen-bond donors (Lipinski definition) is 1. The number of nitrogens with two attached hydrogens (primary N) is 1. The fourth-order valence-corrected chi connectivity index (χ4v) is 2.39. The summed E-state index contributed by atoms with van der Waals surface area (Å²) in [6.07, 6.45) is 2.56. The maximum Gasteiger partial charge on any atom is 0.356 e. The summed E-state index contributed by atoms with van der Waals surface area (Å²) in [5.41, 5.74) is 6.80. The highest BCUT2D eigenvalue weighted by atomic mass is 16.5. The van der Waals surface area contributed by atoms with E-state index >= 15 is 0 Å². The molecule has 0 saturated carbocycles. The molecule has 1 fully saturated rings. The van der Waals surface area contributed by atoms with Crippen molar-refractivity contribution < 1.29 is 9.53 Å². The fraction of sp³-hybridized carbons (Fsp3) is 0.571. The number of nitrogens with zero attached hydrogens (tertiary/aromatic N) is 3. The standard InChI is InChI=1S/C14H22N4O2/c1-17(9-10-18-7-3-4-8-18)13-11(15)5-6-12(16-13)14(19)20-2/h5-6H,3-4,7-10,15H2,1-2H3. The van der Waals surface area contributed by atoms with E-state index in [1.54, 1.807) is 12.1 Å². The second kappa shape index (κ2) is 6.56. The molecule has 0 aliphatic carbocycles. The van der Waals surface area contributed by atoms with Gasteiger partial charge in [0.15, 0.2) is 11.5 Å². The lowest BCUT2D eigenvalue weighted by Crippen LogP contribution is -2.32. The van der Waals surface area contributed by atoms with Gasteiger partial charge >= 0.3 is 5.97 Å². The number of carbonyl (C=O) groups excluding carboxylic acids is 1. The molecule has 1 aliphatic heterocycles. The van der Waals surface area contributed by atoms with Gasteiger partial charge < -0.3 is 20.3 Å². The molecule has 6 heteroatoms. The van der Waals surface area contributed by atoms with Crippen LogP contribution in [0.2, 0.25) is 0 Å². The van der Waals surface area contributed by atoms with Gasteiger partial charge in [0.1, 0.15) is 0 Å². The minimum absolute atomic E-state index is 0.282. The first-order valence-corrected chi connectivity index (χ1v) is 6.90. The number of methoxy groups -OCH3 is 1. The van der Waals surface area contributed by atoms with Crippen molar-refractivity contribution in [1.29, 1.82) is 0 Å². The minimum atomic E-state index is -0.445. The lowest BCUT2D eigenvalue weighted by molar-refractivity contribution is 0.0594. The minimum Gasteiger partial charge on any atom is -0.464 e. The summed E-state index contributed by atoms with van der Waals surface area (Å²) in [5, 5.41) is 0. The van der Waals surface area contributed by atoms with Crippen LogP contribution in [-0.2, 0) is 4.74 Å². The zero-order chi connectivity index (χ0) is 14.5. The topological polar surface area (TPSA) is 71.7 Å². The van der Waals surface area contributed by atoms with Crippen LogP contribution in [0, 0.1) is 0 Å². The smallest absolute Gasteiger partial charge is 0.356 e. The predicted molar refractivity (Wildman–Crippen MR) is 78.9 cm³/mol. The van der Waals surface area contributed by atoms with Gasteiger partial charge in [-0.25, -0.2) is 9.78 Å². The molecule has 2 heterocycles. The number of hydrogen-bond acceptors (Lipinski definition) is 6. The van der Waals surface area contributed by atoms with Crippen molar-refractivity contribution in [1.82, 2.24) is 9.88 Å². The summed E-state index contributed by atoms with van der Waals surface area (Å²) >= 11 is 0. The maximum atomic E-state index is 11.5. The second-order valence-corrected chi connectivity index (χ2v) is 5.07. The molecule has 0 radical (unpaired) electrons. The largest absolute Gasteiger partial charge is 0.464 e. The number of anilines is 2. The van der Waals surface area contributed by atoms with Crippen molar-refractivity contribution in [2.24, 2.45) is 0 Å². The molecule has 2 N–H and O–H groups in total. The van der Waals surface area contributed by atoms with Gasteiger partial charge in [0.25, 0.3) is 0 Å². The predicted octanol–water partition coefficient (Wildman–Crippen LogP) is 0.982. The number of ether oxygens (including phenoxy) is 1. The van der Waals surface area contributed by atoms with E-state index < -0.39 is 5.97 Å². The summed E-state index contributed by atoms with van der Waals surface area (Å²) in [6.45, 7) is 4.15. The van der Waals surface area contributed by atoms with Gasteiger partial charge in [-0.15, -0.1) is 0 Å². The molecule has 6 nitrogen and oxygen atoms in total. The first kappa shape index (κ1) is 14.6. The second-order valence-electron chi connectivity index (χ2n) is 5.07. The molecule has 0 spiro atoms. The Morgan fingerprint density at radius 3 is 2.80 bits per heavy atom. The molecule has 1 aromatic rings. The van der Waals surface area contributed by atoms with Crippen LogP contribution in [0.25, 0.3) is 0 Å². The van der Waals surface area contributed by atoms with Crippen LogP contribution >= 0.6 is 0 Å². The Hall–Kier alpha value is -1.82. The number of likely N-dealkylation sites (N-methyl/N-ethyl adjacent to an activating group) is 1. The highest BCUT2D eigenvalue weighted by molar-refractivity contribution is 5.88. The van der Waals surface area contributed by atoms with E-state index in [2.05, 4.69) is 14.6 Å². The lowest BCUT2D eigenvalue weighted by Gasteiger charge is -2.23. The van der Waals surface area contributed by atoms with Gasteiger partial charge in [-0.05, 0) is 38.1 Å². The molecule has 0 atom stereocenters. The van der Waals surface area contributed by atoms with E-state index in [0.29, 0.717) is 11.5 Å². The van der Waals surface area contributed by atoms with Crippen molar-refractivity contribution >= 4 is 17.5 Å². The number of aromatic nitrogens is 1. The van der Waals surface area contributed by atoms with E-state index in [1.165, 1.54) is 33.0 Å². The van der Waals surface area contributed by atoms with Crippen molar-refractivity contribution in [3.63, 3.8) is 0 Å². The highest BCUT2D eigenvalue weighted by Crippen LogP contribution is 2.20. The summed E-state index contributed by atoms with van der Waals surface area (Å²) in [5.74, 6) is 0.186. The van der Waals surface area contributed by atoms with Gasteiger partial charge in [-0.1, -0.05) is 0 Å². The molecule has 0 unspecified atom stereocenters. The van der Waals surface area contributed by atoms with Gasteiger partial charge in [-0.2, -0.15) is 0 Å². The third kappa shape index (κ3) is 3.39. The van der Waals surface area contributed by atoms with Crippen molar-refractivity contribution in [3.8, 4) is 0 Å². The van der Waals surface area contributed by atoms with E-state index in [4.69, 9.17) is 5.73 Å². The number of rotatable bonds is 5. The van der Waals surface area contributed by atoms with Gasteiger partial charge in [0.05, 0.1) is 12.8 Å². The molecule has 0 aromatic carbocycles. The molecule has 1 saturated heterocycles. The molecular weight excluding hydrogens is 256 g/mol. The van der Waals surface area contributed by atoms with Crippen LogP contribution in [0.1, 0.15) is 23.3 Å². The van der Waals surface area contributed by atoms with Crippen LogP contribution in [0.4, 0.5) is 11.5 Å². The molecule has 0 bridgehead atoms. The number of likely N-dealkylation sites (tertiary alicyclic amines) is 1. The molecular formula is C14H22N4O2. The van der Waals surface area contributed by atoms with Gasteiger partial charge in [0, 0.05) is 20.1 Å². The van der Waals surface area contributed by atoms with Crippen molar-refractivity contribution in [2.75, 3.05) is 51.0 Å². The van der Waals surface area contributed by atoms with E-state index in [1.807, 2.05) is 11.9 Å². The first-order chi connectivity index (χ1) is 9.61. The SMILES string of the molecule is COC(=O)c1ccc(N)c(N(C)CCN2CCCC2)n1. The quantitative estimate of drug-likeness (QED) is 0.810. The van der Waals surface area contributed by atoms with Crippen molar-refractivity contribution in [2.45, 2.75) is 12.8 Å². The summed E-state index contributed by atoms with van der Waals surface area (Å²) in [6, 6.07) is 3.28. The summed E-state index contributed by atoms with van der Waals surface area (Å²) < 4.78 is 4.68. The normalized spacial score (nSPS) is 15.3. The third-order valence-electron chi connectivity index (χ3n) is 3.61. The molecule has 2 rings (SSSR count). The average molecular weight is 278 g/mol. The van der Waals surface area contributed by atoms with Crippen LogP contribution in [0.3, 0.4) is 0 Å². The Labute approximate surface area is 119 Å². The Kier molecular flexibility index (Phi) is 4.79. The Balaban J connectivity index is 2.03. The molecule has 1 aliphatic rings. The number of nitrogen functional groups attached to an aromatic ring is 1. The molecule has 0 amide bonds. The zero-order valence-electron chi connectivity index (χ0n) is 12.1. The number of pyridine rings is 1. The molecule has 20 heavy (non-hydrogen) atoms. The lowest BCUT2D eigenvalue weighted by atomic mass is 10.3. The number of carbonyl (C=O) groups is 1. The van der Waals surface area contributed by atoms with E-state index in [9.17, 15) is 4.79 Å². The van der Waals surface area contributed by atoms with Gasteiger partial charge in [-0.3, -0.25) is 0 Å². The molecule has 1 aromatic heterocycles. The highest BCUT2D eigenvalue weighted by Gasteiger charge is 2.15. The molecule has 110 valence electrons. The van der Waals surface area contributed by atoms with Crippen LogP contribution < -0.4 is 10.6 Å². The summed E-state index contributed by atoms with van der Waals surface area (Å²) in [4.78, 5) is 20.2. The van der Waals surface area contributed by atoms with E-state index in [-0.39, 0.29) is 5.69 Å². The fourth-order valence-electron chi connectivity index (χ4n) is 2.39. The zero-order valence-corrected chi connectivity index (χ0v) is 12.1.